The molecule has 2 aromatic carbocycles. The van der Waals surface area contributed by atoms with E-state index in [1.807, 2.05) is 24.3 Å². The maximum Gasteiger partial charge on any atom is 0.344 e. The molecule has 138 valence electrons. The normalized spacial score (nSPS) is 12.1. The Morgan fingerprint density at radius 3 is 2.58 bits per heavy atom. The number of unbranched alkanes of at least 4 members (excludes halogenated alkanes) is 1. The number of carboxylic acids is 1. The molecule has 0 bridgehead atoms. The molecule has 0 unspecified atom stereocenters. The molecular weight excluding hydrogens is 330 g/mol. The molecule has 2 rings (SSSR count). The summed E-state index contributed by atoms with van der Waals surface area (Å²) in [6.45, 7) is 3.66. The van der Waals surface area contributed by atoms with Crippen LogP contribution in [0.4, 0.5) is 5.69 Å². The lowest BCUT2D eigenvalue weighted by molar-refractivity contribution is -0.144. The van der Waals surface area contributed by atoms with E-state index in [-0.39, 0.29) is 0 Å². The Labute approximate surface area is 154 Å². The number of aliphatic carboxylic acids is 1. The molecule has 5 heteroatoms. The minimum absolute atomic E-state index is 0.369. The lowest BCUT2D eigenvalue weighted by atomic mass is 10.1. The third-order valence-electron chi connectivity index (χ3n) is 3.98. The first-order valence-corrected chi connectivity index (χ1v) is 8.74. The van der Waals surface area contributed by atoms with Crippen LogP contribution in [0, 0.1) is 0 Å². The third kappa shape index (κ3) is 5.34. The number of carbonyl (C=O) groups is 1. The highest BCUT2D eigenvalue weighted by molar-refractivity contribution is 5.87. The van der Waals surface area contributed by atoms with Gasteiger partial charge in [0.15, 0.2) is 17.6 Å². The Bertz CT molecular complexity index is 753. The van der Waals surface area contributed by atoms with Gasteiger partial charge in [0.1, 0.15) is 0 Å². The van der Waals surface area contributed by atoms with Crippen molar-refractivity contribution in [1.29, 1.82) is 0 Å². The van der Waals surface area contributed by atoms with Gasteiger partial charge in [0.2, 0.25) is 0 Å². The standard InChI is InChI=1S/C21H25NO4/c1-4-5-7-16-10-12-18(13-11-16)22-14-17-8-6-9-19(25-3)20(17)26-15(2)21(23)24/h6,8-15H,4-5,7H2,1-3H3,(H,23,24)/t15-/m1/s1. The number of para-hydroxylation sites is 1. The lowest BCUT2D eigenvalue weighted by Crippen LogP contribution is -2.23. The highest BCUT2D eigenvalue weighted by Crippen LogP contribution is 2.31. The Balaban J connectivity index is 2.22. The molecule has 0 spiro atoms. The summed E-state index contributed by atoms with van der Waals surface area (Å²) in [5, 5.41) is 9.09. The van der Waals surface area contributed by atoms with Gasteiger partial charge in [-0.05, 0) is 49.6 Å². The molecular formula is C21H25NO4. The number of aliphatic imine (C=N–C) groups is 1. The summed E-state index contributed by atoms with van der Waals surface area (Å²) in [5.41, 5.74) is 2.78. The van der Waals surface area contributed by atoms with Crippen molar-refractivity contribution in [2.45, 2.75) is 39.2 Å². The summed E-state index contributed by atoms with van der Waals surface area (Å²) >= 11 is 0. The van der Waals surface area contributed by atoms with Gasteiger partial charge in [-0.15, -0.1) is 0 Å². The molecule has 0 aliphatic heterocycles. The third-order valence-corrected chi connectivity index (χ3v) is 3.98. The van der Waals surface area contributed by atoms with Crippen molar-refractivity contribution in [2.24, 2.45) is 4.99 Å². The minimum atomic E-state index is -1.04. The van der Waals surface area contributed by atoms with Crippen LogP contribution in [-0.2, 0) is 11.2 Å². The van der Waals surface area contributed by atoms with E-state index in [9.17, 15) is 4.79 Å². The highest BCUT2D eigenvalue weighted by atomic mass is 16.5. The molecule has 0 saturated carbocycles. The number of hydrogen-bond acceptors (Lipinski definition) is 4. The van der Waals surface area contributed by atoms with Crippen LogP contribution in [0.15, 0.2) is 47.5 Å². The zero-order valence-electron chi connectivity index (χ0n) is 15.4. The second-order valence-corrected chi connectivity index (χ2v) is 6.01. The molecule has 0 aliphatic carbocycles. The number of rotatable bonds is 9. The van der Waals surface area contributed by atoms with Gasteiger partial charge in [-0.2, -0.15) is 0 Å². The van der Waals surface area contributed by atoms with Crippen molar-refractivity contribution in [2.75, 3.05) is 7.11 Å². The van der Waals surface area contributed by atoms with Gasteiger partial charge in [-0.25, -0.2) is 4.79 Å². The molecule has 0 heterocycles. The fourth-order valence-electron chi connectivity index (χ4n) is 2.42. The van der Waals surface area contributed by atoms with E-state index in [2.05, 4.69) is 24.0 Å². The maximum absolute atomic E-state index is 11.1. The summed E-state index contributed by atoms with van der Waals surface area (Å²) in [4.78, 5) is 15.6. The first-order chi connectivity index (χ1) is 12.5. The smallest absolute Gasteiger partial charge is 0.344 e. The molecule has 1 atom stereocenters. The number of benzene rings is 2. The van der Waals surface area contributed by atoms with E-state index in [0.29, 0.717) is 17.1 Å². The highest BCUT2D eigenvalue weighted by Gasteiger charge is 2.17. The van der Waals surface area contributed by atoms with Crippen molar-refractivity contribution < 1.29 is 19.4 Å². The Morgan fingerprint density at radius 1 is 1.23 bits per heavy atom. The molecule has 0 fully saturated rings. The summed E-state index contributed by atoms with van der Waals surface area (Å²) in [7, 11) is 1.52. The minimum Gasteiger partial charge on any atom is -0.493 e. The summed E-state index contributed by atoms with van der Waals surface area (Å²) < 4.78 is 10.9. The van der Waals surface area contributed by atoms with Crippen molar-refractivity contribution in [3.8, 4) is 11.5 Å². The SMILES string of the molecule is CCCCc1ccc(N=Cc2cccc(OC)c2O[C@H](C)C(=O)O)cc1. The number of methoxy groups -OCH3 is 1. The zero-order valence-corrected chi connectivity index (χ0v) is 15.4. The quantitative estimate of drug-likeness (QED) is 0.665. The molecule has 0 aliphatic rings. The Morgan fingerprint density at radius 2 is 1.96 bits per heavy atom. The van der Waals surface area contributed by atoms with Crippen LogP contribution in [-0.4, -0.2) is 30.5 Å². The van der Waals surface area contributed by atoms with Crippen LogP contribution < -0.4 is 9.47 Å². The van der Waals surface area contributed by atoms with Crippen molar-refractivity contribution in [3.63, 3.8) is 0 Å². The first-order valence-electron chi connectivity index (χ1n) is 8.74. The van der Waals surface area contributed by atoms with Gasteiger partial charge in [0, 0.05) is 11.8 Å². The number of carboxylic acid groups (broad SMARTS) is 1. The molecule has 5 nitrogen and oxygen atoms in total. The predicted molar refractivity (Wildman–Crippen MR) is 103 cm³/mol. The molecule has 1 N–H and O–H groups in total. The molecule has 0 aromatic heterocycles. The average molecular weight is 355 g/mol. The van der Waals surface area contributed by atoms with Gasteiger partial charge in [-0.3, -0.25) is 4.99 Å². The fraction of sp³-hybridized carbons (Fsp3) is 0.333. The number of hydrogen-bond donors (Lipinski definition) is 1. The average Bonchev–Trinajstić information content (AvgIpc) is 2.66. The Hall–Kier alpha value is -2.82. The molecule has 0 amide bonds. The molecule has 0 radical (unpaired) electrons. The first kappa shape index (κ1) is 19.5. The number of ether oxygens (including phenoxy) is 2. The van der Waals surface area contributed by atoms with E-state index in [4.69, 9.17) is 14.6 Å². The van der Waals surface area contributed by atoms with E-state index in [1.54, 1.807) is 12.3 Å². The van der Waals surface area contributed by atoms with Crippen LogP contribution in [0.25, 0.3) is 0 Å². The zero-order chi connectivity index (χ0) is 18.9. The topological polar surface area (TPSA) is 68.1 Å². The predicted octanol–water partition coefficient (Wildman–Crippen LogP) is 4.64. The summed E-state index contributed by atoms with van der Waals surface area (Å²) in [6, 6.07) is 13.5. The Kier molecular flexibility index (Phi) is 7.21. The van der Waals surface area contributed by atoms with Crippen molar-refractivity contribution >= 4 is 17.9 Å². The van der Waals surface area contributed by atoms with Crippen LogP contribution in [0.3, 0.4) is 0 Å². The monoisotopic (exact) mass is 355 g/mol. The fourth-order valence-corrected chi connectivity index (χ4v) is 2.42. The van der Waals surface area contributed by atoms with Crippen molar-refractivity contribution in [3.05, 3.63) is 53.6 Å². The number of nitrogens with zero attached hydrogens (tertiary/aromatic N) is 1. The van der Waals surface area contributed by atoms with Gasteiger partial charge >= 0.3 is 5.97 Å². The lowest BCUT2D eigenvalue weighted by Gasteiger charge is -2.15. The summed E-state index contributed by atoms with van der Waals surface area (Å²) in [5.74, 6) is -0.202. The van der Waals surface area contributed by atoms with Crippen LogP contribution in [0.5, 0.6) is 11.5 Å². The maximum atomic E-state index is 11.1. The molecule has 26 heavy (non-hydrogen) atoms. The second kappa shape index (κ2) is 9.61. The molecule has 0 saturated heterocycles. The van der Waals surface area contributed by atoms with Crippen LogP contribution >= 0.6 is 0 Å². The van der Waals surface area contributed by atoms with E-state index in [1.165, 1.54) is 32.4 Å². The summed E-state index contributed by atoms with van der Waals surface area (Å²) in [6.07, 6.45) is 4.09. The van der Waals surface area contributed by atoms with Gasteiger partial charge < -0.3 is 14.6 Å². The van der Waals surface area contributed by atoms with Crippen LogP contribution in [0.1, 0.15) is 37.8 Å². The number of aryl methyl sites for hydroxylation is 1. The van der Waals surface area contributed by atoms with Gasteiger partial charge in [0.25, 0.3) is 0 Å². The largest absolute Gasteiger partial charge is 0.493 e. The molecule has 2 aromatic rings. The van der Waals surface area contributed by atoms with E-state index >= 15 is 0 Å². The van der Waals surface area contributed by atoms with Gasteiger partial charge in [0.05, 0.1) is 12.8 Å². The van der Waals surface area contributed by atoms with E-state index in [0.717, 1.165) is 12.1 Å². The van der Waals surface area contributed by atoms with Crippen molar-refractivity contribution in [1.82, 2.24) is 0 Å². The van der Waals surface area contributed by atoms with Crippen LogP contribution in [0.2, 0.25) is 0 Å². The van der Waals surface area contributed by atoms with Gasteiger partial charge in [-0.1, -0.05) is 31.5 Å². The van der Waals surface area contributed by atoms with E-state index < -0.39 is 12.1 Å². The second-order valence-electron chi connectivity index (χ2n) is 6.01.